The van der Waals surface area contributed by atoms with Crippen LogP contribution in [0.1, 0.15) is 49.9 Å². The maximum atomic E-state index is 11.6. The SMILES string of the molecule is CC1(C)C=C(CS(=O)(=O)O)c2ccc(Cc3ccc4c(c3)C(CS(=O)(=O)O)=CC(C)(C)N4)cc2N1. The van der Waals surface area contributed by atoms with Crippen molar-refractivity contribution in [1.29, 1.82) is 0 Å². The molecule has 188 valence electrons. The molecule has 0 fully saturated rings. The Labute approximate surface area is 206 Å². The molecule has 4 N–H and O–H groups in total. The Morgan fingerprint density at radius 1 is 0.686 bits per heavy atom. The number of anilines is 2. The van der Waals surface area contributed by atoms with Crippen molar-refractivity contribution < 1.29 is 25.9 Å². The van der Waals surface area contributed by atoms with Gasteiger partial charge < -0.3 is 10.6 Å². The van der Waals surface area contributed by atoms with Crippen molar-refractivity contribution >= 4 is 42.8 Å². The number of fused-ring (bicyclic) bond motifs is 2. The molecule has 0 bridgehead atoms. The standard InChI is InChI=1S/C25H30N2O6S2/c1-24(2)13-19(15-35(31,32)33)21-10-16(6-8-22(21)26-24)9-17-5-7-20-18(14-34(28,29)30)12-25(3,4)27-23(20)11-17/h5-8,10-13,26-27H,9,14-15H2,1-4H3,(H,28,29,30)(H,31,32,33). The van der Waals surface area contributed by atoms with Crippen LogP contribution in [0.2, 0.25) is 0 Å². The molecular formula is C25H30N2O6S2. The molecule has 0 saturated carbocycles. The molecule has 2 aliphatic rings. The van der Waals surface area contributed by atoms with Crippen LogP contribution in [-0.2, 0) is 26.7 Å². The number of nitrogens with one attached hydrogen (secondary N) is 2. The zero-order chi connectivity index (χ0) is 25.8. The monoisotopic (exact) mass is 518 g/mol. The summed E-state index contributed by atoms with van der Waals surface area (Å²) in [5.74, 6) is -0.920. The number of benzene rings is 2. The van der Waals surface area contributed by atoms with Gasteiger partial charge in [-0.2, -0.15) is 16.8 Å². The average Bonchev–Trinajstić information content (AvgIpc) is 2.64. The first-order valence-corrected chi connectivity index (χ1v) is 14.4. The van der Waals surface area contributed by atoms with Crippen molar-refractivity contribution in [3.8, 4) is 0 Å². The molecule has 0 aliphatic carbocycles. The first-order valence-electron chi connectivity index (χ1n) is 11.2. The van der Waals surface area contributed by atoms with Gasteiger partial charge in [-0.3, -0.25) is 9.11 Å². The number of hydrogen-bond acceptors (Lipinski definition) is 6. The van der Waals surface area contributed by atoms with E-state index in [4.69, 9.17) is 0 Å². The van der Waals surface area contributed by atoms with Gasteiger partial charge in [0.15, 0.2) is 0 Å². The first kappa shape index (κ1) is 25.4. The quantitative estimate of drug-likeness (QED) is 0.418. The summed E-state index contributed by atoms with van der Waals surface area (Å²) in [4.78, 5) is 0. The van der Waals surface area contributed by atoms with Crippen LogP contribution in [0.25, 0.3) is 11.1 Å². The largest absolute Gasteiger partial charge is 0.376 e. The second-order valence-electron chi connectivity index (χ2n) is 10.4. The van der Waals surface area contributed by atoms with Gasteiger partial charge in [0.25, 0.3) is 20.2 Å². The Morgan fingerprint density at radius 2 is 1.17 bits per heavy atom. The molecule has 0 atom stereocenters. The van der Waals surface area contributed by atoms with Crippen molar-refractivity contribution in [2.24, 2.45) is 0 Å². The molecule has 0 spiro atoms. The third kappa shape index (κ3) is 6.32. The smallest absolute Gasteiger partial charge is 0.269 e. The van der Waals surface area contributed by atoms with Crippen LogP contribution in [-0.4, -0.2) is 48.5 Å². The van der Waals surface area contributed by atoms with E-state index < -0.39 is 42.8 Å². The lowest BCUT2D eigenvalue weighted by molar-refractivity contribution is 0.485. The van der Waals surface area contributed by atoms with E-state index in [-0.39, 0.29) is 0 Å². The lowest BCUT2D eigenvalue weighted by atomic mass is 9.88. The summed E-state index contributed by atoms with van der Waals surface area (Å²) in [5, 5.41) is 6.78. The topological polar surface area (TPSA) is 133 Å². The van der Waals surface area contributed by atoms with E-state index in [2.05, 4.69) is 10.6 Å². The predicted octanol–water partition coefficient (Wildman–Crippen LogP) is 4.23. The van der Waals surface area contributed by atoms with E-state index in [1.165, 1.54) is 0 Å². The Balaban J connectivity index is 1.67. The molecule has 2 aliphatic heterocycles. The fraction of sp³-hybridized carbons (Fsp3) is 0.360. The maximum Gasteiger partial charge on any atom is 0.269 e. The maximum absolute atomic E-state index is 11.6. The van der Waals surface area contributed by atoms with E-state index in [0.29, 0.717) is 17.6 Å². The Hall–Kier alpha value is -2.66. The lowest BCUT2D eigenvalue weighted by Crippen LogP contribution is -2.33. The predicted molar refractivity (Wildman–Crippen MR) is 140 cm³/mol. The summed E-state index contributed by atoms with van der Waals surface area (Å²) in [6, 6.07) is 11.5. The minimum Gasteiger partial charge on any atom is -0.376 e. The molecular weight excluding hydrogens is 488 g/mol. The molecule has 0 radical (unpaired) electrons. The number of rotatable bonds is 6. The fourth-order valence-electron chi connectivity index (χ4n) is 4.82. The summed E-state index contributed by atoms with van der Waals surface area (Å²) in [6.07, 6.45) is 4.19. The number of hydrogen-bond donors (Lipinski definition) is 4. The van der Waals surface area contributed by atoms with E-state index in [9.17, 15) is 25.9 Å². The van der Waals surface area contributed by atoms with Crippen LogP contribution in [0.3, 0.4) is 0 Å². The van der Waals surface area contributed by atoms with Crippen LogP contribution in [0.4, 0.5) is 11.4 Å². The molecule has 2 heterocycles. The van der Waals surface area contributed by atoms with Crippen molar-refractivity contribution in [3.63, 3.8) is 0 Å². The summed E-state index contributed by atoms with van der Waals surface area (Å²) < 4.78 is 65.2. The molecule has 10 heteroatoms. The molecule has 0 saturated heterocycles. The van der Waals surface area contributed by atoms with Gasteiger partial charge in [-0.05, 0) is 74.6 Å². The normalized spacial score (nSPS) is 18.3. The van der Waals surface area contributed by atoms with E-state index in [1.54, 1.807) is 0 Å². The average molecular weight is 519 g/mol. The minimum atomic E-state index is -4.20. The van der Waals surface area contributed by atoms with Gasteiger partial charge in [-0.1, -0.05) is 30.4 Å². The van der Waals surface area contributed by atoms with Gasteiger partial charge in [0, 0.05) is 22.5 Å². The van der Waals surface area contributed by atoms with Crippen LogP contribution in [0, 0.1) is 0 Å². The van der Waals surface area contributed by atoms with Crippen molar-refractivity contribution in [2.45, 2.75) is 45.2 Å². The Morgan fingerprint density at radius 3 is 1.74 bits per heavy atom. The van der Waals surface area contributed by atoms with Gasteiger partial charge in [-0.25, -0.2) is 0 Å². The van der Waals surface area contributed by atoms with Gasteiger partial charge in [0.1, 0.15) is 11.5 Å². The second kappa shape index (κ2) is 8.48. The van der Waals surface area contributed by atoms with E-state index in [1.807, 2.05) is 76.2 Å². The second-order valence-corrected chi connectivity index (χ2v) is 13.3. The molecule has 4 rings (SSSR count). The summed E-state index contributed by atoms with van der Waals surface area (Å²) in [7, 11) is -8.38. The molecule has 0 unspecified atom stereocenters. The first-order chi connectivity index (χ1) is 16.0. The van der Waals surface area contributed by atoms with Crippen LogP contribution < -0.4 is 10.6 Å². The van der Waals surface area contributed by atoms with Crippen molar-refractivity contribution in [3.05, 3.63) is 70.8 Å². The minimum absolute atomic E-state index is 0.457. The third-order valence-corrected chi connectivity index (χ3v) is 7.28. The summed E-state index contributed by atoms with van der Waals surface area (Å²) in [5.41, 5.74) is 5.10. The molecule has 2 aromatic carbocycles. The van der Waals surface area contributed by atoms with Gasteiger partial charge in [0.05, 0.1) is 11.1 Å². The zero-order valence-corrected chi connectivity index (χ0v) is 21.7. The van der Waals surface area contributed by atoms with E-state index in [0.717, 1.165) is 33.6 Å². The summed E-state index contributed by atoms with van der Waals surface area (Å²) >= 11 is 0. The van der Waals surface area contributed by atoms with E-state index >= 15 is 0 Å². The molecule has 0 amide bonds. The highest BCUT2D eigenvalue weighted by Crippen LogP contribution is 2.37. The Bertz CT molecular complexity index is 1470. The van der Waals surface area contributed by atoms with Gasteiger partial charge in [-0.15, -0.1) is 0 Å². The zero-order valence-electron chi connectivity index (χ0n) is 20.1. The highest BCUT2D eigenvalue weighted by Gasteiger charge is 2.28. The van der Waals surface area contributed by atoms with Gasteiger partial charge in [0.2, 0.25) is 0 Å². The van der Waals surface area contributed by atoms with Crippen LogP contribution in [0.15, 0.2) is 48.6 Å². The highest BCUT2D eigenvalue weighted by molar-refractivity contribution is 7.86. The molecule has 35 heavy (non-hydrogen) atoms. The van der Waals surface area contributed by atoms with Crippen molar-refractivity contribution in [2.75, 3.05) is 22.1 Å². The Kier molecular flexibility index (Phi) is 6.16. The molecule has 0 aromatic heterocycles. The van der Waals surface area contributed by atoms with Gasteiger partial charge >= 0.3 is 0 Å². The van der Waals surface area contributed by atoms with Crippen LogP contribution >= 0.6 is 0 Å². The van der Waals surface area contributed by atoms with Crippen molar-refractivity contribution in [1.82, 2.24) is 0 Å². The molecule has 2 aromatic rings. The highest BCUT2D eigenvalue weighted by atomic mass is 32.2. The summed E-state index contributed by atoms with van der Waals surface area (Å²) in [6.45, 7) is 7.71. The lowest BCUT2D eigenvalue weighted by Gasteiger charge is -2.33. The fourth-order valence-corrected chi connectivity index (χ4v) is 6.09. The van der Waals surface area contributed by atoms with Crippen LogP contribution in [0.5, 0.6) is 0 Å². The molecule has 8 nitrogen and oxygen atoms in total. The third-order valence-electron chi connectivity index (χ3n) is 5.93.